The third kappa shape index (κ3) is 5.42. The van der Waals surface area contributed by atoms with Crippen LogP contribution in [-0.2, 0) is 26.0 Å². The van der Waals surface area contributed by atoms with Crippen LogP contribution >= 0.6 is 0 Å². The van der Waals surface area contributed by atoms with Crippen molar-refractivity contribution in [2.24, 2.45) is 5.92 Å². The quantitative estimate of drug-likeness (QED) is 0.625. The van der Waals surface area contributed by atoms with E-state index < -0.39 is 10.0 Å². The number of hydrogen-bond acceptors (Lipinski definition) is 5. The van der Waals surface area contributed by atoms with E-state index in [1.807, 2.05) is 24.3 Å². The minimum Gasteiger partial charge on any atom is -0.497 e. The lowest BCUT2D eigenvalue weighted by Gasteiger charge is -2.38. The molecule has 4 rings (SSSR count). The van der Waals surface area contributed by atoms with E-state index >= 15 is 0 Å². The van der Waals surface area contributed by atoms with Crippen LogP contribution in [0.4, 0.5) is 0 Å². The van der Waals surface area contributed by atoms with Crippen molar-refractivity contribution in [3.05, 3.63) is 60.2 Å². The number of amides is 2. The zero-order valence-corrected chi connectivity index (χ0v) is 20.2. The summed E-state index contributed by atoms with van der Waals surface area (Å²) in [4.78, 5) is 29.7. The van der Waals surface area contributed by atoms with Gasteiger partial charge in [-0.05, 0) is 42.7 Å². The Balaban J connectivity index is 1.32. The van der Waals surface area contributed by atoms with Gasteiger partial charge in [-0.2, -0.15) is 4.31 Å². The van der Waals surface area contributed by atoms with E-state index in [1.165, 1.54) is 4.31 Å². The van der Waals surface area contributed by atoms with Crippen molar-refractivity contribution in [2.75, 3.05) is 46.4 Å². The highest BCUT2D eigenvalue weighted by atomic mass is 32.2. The molecule has 1 unspecified atom stereocenters. The summed E-state index contributed by atoms with van der Waals surface area (Å²) in [5.74, 6) is 0.369. The first-order valence-corrected chi connectivity index (χ1v) is 13.1. The maximum absolute atomic E-state index is 13.2. The largest absolute Gasteiger partial charge is 0.497 e. The van der Waals surface area contributed by atoms with E-state index in [1.54, 1.807) is 47.2 Å². The summed E-state index contributed by atoms with van der Waals surface area (Å²) in [7, 11) is -2.02. The van der Waals surface area contributed by atoms with Crippen LogP contribution in [0.3, 0.4) is 0 Å². The minimum absolute atomic E-state index is 0.0205. The maximum atomic E-state index is 13.2. The predicted octanol–water partition coefficient (Wildman–Crippen LogP) is 2.01. The molecule has 2 aromatic carbocycles. The fourth-order valence-corrected chi connectivity index (χ4v) is 6.15. The van der Waals surface area contributed by atoms with Crippen molar-refractivity contribution in [1.29, 1.82) is 0 Å². The van der Waals surface area contributed by atoms with E-state index in [4.69, 9.17) is 4.74 Å². The van der Waals surface area contributed by atoms with Gasteiger partial charge in [-0.1, -0.05) is 30.3 Å². The van der Waals surface area contributed by atoms with Crippen molar-refractivity contribution in [3.8, 4) is 5.75 Å². The van der Waals surface area contributed by atoms with Gasteiger partial charge in [0.05, 0.1) is 24.3 Å². The standard InChI is InChI=1S/C25H31N3O5S/c1-33-22-9-5-7-20(17-22)18-24(29)26-13-15-27(16-14-26)25(30)21-8-6-12-28(19-21)34(31,32)23-10-3-2-4-11-23/h2-5,7,9-11,17,21H,6,8,12-16,18-19H2,1H3. The molecule has 9 heteroatoms. The molecule has 2 saturated heterocycles. The molecule has 2 fully saturated rings. The Morgan fingerprint density at radius 1 is 0.941 bits per heavy atom. The molecule has 8 nitrogen and oxygen atoms in total. The molecular formula is C25H31N3O5S. The molecule has 0 spiro atoms. The molecule has 2 aliphatic heterocycles. The number of sulfonamides is 1. The average molecular weight is 486 g/mol. The van der Waals surface area contributed by atoms with Gasteiger partial charge in [0, 0.05) is 39.3 Å². The van der Waals surface area contributed by atoms with Gasteiger partial charge in [-0.25, -0.2) is 8.42 Å². The maximum Gasteiger partial charge on any atom is 0.243 e. The lowest BCUT2D eigenvalue weighted by molar-refractivity contribution is -0.142. The number of methoxy groups -OCH3 is 1. The summed E-state index contributed by atoms with van der Waals surface area (Å²) in [5, 5.41) is 0. The van der Waals surface area contributed by atoms with E-state index in [0.29, 0.717) is 52.0 Å². The highest BCUT2D eigenvalue weighted by Crippen LogP contribution is 2.25. The van der Waals surface area contributed by atoms with E-state index in [9.17, 15) is 18.0 Å². The molecule has 34 heavy (non-hydrogen) atoms. The van der Waals surface area contributed by atoms with Gasteiger partial charge in [-0.15, -0.1) is 0 Å². The van der Waals surface area contributed by atoms with Crippen molar-refractivity contribution >= 4 is 21.8 Å². The van der Waals surface area contributed by atoms with Gasteiger partial charge in [-0.3, -0.25) is 9.59 Å². The van der Waals surface area contributed by atoms with E-state index in [2.05, 4.69) is 0 Å². The molecule has 2 amide bonds. The van der Waals surface area contributed by atoms with Crippen LogP contribution in [0.1, 0.15) is 18.4 Å². The summed E-state index contributed by atoms with van der Waals surface area (Å²) < 4.78 is 32.6. The van der Waals surface area contributed by atoms with E-state index in [0.717, 1.165) is 11.3 Å². The first-order valence-electron chi connectivity index (χ1n) is 11.6. The minimum atomic E-state index is -3.61. The van der Waals surface area contributed by atoms with Crippen LogP contribution < -0.4 is 4.74 Å². The molecule has 182 valence electrons. The number of piperidine rings is 1. The number of benzene rings is 2. The van der Waals surface area contributed by atoms with Crippen LogP contribution in [0.25, 0.3) is 0 Å². The van der Waals surface area contributed by atoms with Crippen LogP contribution in [0.5, 0.6) is 5.75 Å². The van der Waals surface area contributed by atoms with Crippen molar-refractivity contribution in [1.82, 2.24) is 14.1 Å². The molecule has 1 atom stereocenters. The summed E-state index contributed by atoms with van der Waals surface area (Å²) in [6.45, 7) is 2.51. The monoisotopic (exact) mass is 485 g/mol. The van der Waals surface area contributed by atoms with Gasteiger partial charge in [0.1, 0.15) is 5.75 Å². The molecular weight excluding hydrogens is 454 g/mol. The molecule has 0 N–H and O–H groups in total. The Morgan fingerprint density at radius 2 is 1.65 bits per heavy atom. The predicted molar refractivity (Wildman–Crippen MR) is 128 cm³/mol. The number of ether oxygens (including phenoxy) is 1. The molecule has 0 saturated carbocycles. The average Bonchev–Trinajstić information content (AvgIpc) is 2.89. The summed E-state index contributed by atoms with van der Waals surface area (Å²) in [6, 6.07) is 15.8. The van der Waals surface area contributed by atoms with Gasteiger partial charge >= 0.3 is 0 Å². The fraction of sp³-hybridized carbons (Fsp3) is 0.440. The summed E-state index contributed by atoms with van der Waals surface area (Å²) in [6.07, 6.45) is 1.62. The van der Waals surface area contributed by atoms with Gasteiger partial charge in [0.2, 0.25) is 21.8 Å². The summed E-state index contributed by atoms with van der Waals surface area (Å²) >= 11 is 0. The van der Waals surface area contributed by atoms with Crippen LogP contribution in [0, 0.1) is 5.92 Å². The Bertz CT molecular complexity index is 1110. The topological polar surface area (TPSA) is 87.2 Å². The second kappa shape index (κ2) is 10.6. The lowest BCUT2D eigenvalue weighted by atomic mass is 9.97. The zero-order valence-electron chi connectivity index (χ0n) is 19.4. The highest BCUT2D eigenvalue weighted by molar-refractivity contribution is 7.89. The zero-order chi connectivity index (χ0) is 24.1. The van der Waals surface area contributed by atoms with Crippen molar-refractivity contribution < 1.29 is 22.7 Å². The molecule has 2 heterocycles. The van der Waals surface area contributed by atoms with Gasteiger partial charge < -0.3 is 14.5 Å². The second-order valence-corrected chi connectivity index (χ2v) is 10.7. The first kappa shape index (κ1) is 24.2. The lowest BCUT2D eigenvalue weighted by Crippen LogP contribution is -2.54. The third-order valence-electron chi connectivity index (χ3n) is 6.55. The van der Waals surface area contributed by atoms with Crippen molar-refractivity contribution in [2.45, 2.75) is 24.2 Å². The fourth-order valence-electron chi connectivity index (χ4n) is 4.61. The number of piperazine rings is 1. The molecule has 0 radical (unpaired) electrons. The molecule has 0 bridgehead atoms. The molecule has 2 aromatic rings. The Labute approximate surface area is 201 Å². The number of hydrogen-bond donors (Lipinski definition) is 0. The second-order valence-electron chi connectivity index (χ2n) is 8.75. The Hall–Kier alpha value is -2.91. The van der Waals surface area contributed by atoms with Crippen LogP contribution in [0.15, 0.2) is 59.5 Å². The molecule has 2 aliphatic rings. The van der Waals surface area contributed by atoms with Gasteiger partial charge in [0.15, 0.2) is 0 Å². The number of carbonyl (C=O) groups is 2. The smallest absolute Gasteiger partial charge is 0.243 e. The normalized spacial score (nSPS) is 19.6. The van der Waals surface area contributed by atoms with Crippen LogP contribution in [0.2, 0.25) is 0 Å². The summed E-state index contributed by atoms with van der Waals surface area (Å²) in [5.41, 5.74) is 0.893. The number of carbonyl (C=O) groups excluding carboxylic acids is 2. The highest BCUT2D eigenvalue weighted by Gasteiger charge is 2.36. The third-order valence-corrected chi connectivity index (χ3v) is 8.43. The first-order chi connectivity index (χ1) is 16.4. The Morgan fingerprint density at radius 3 is 2.35 bits per heavy atom. The Kier molecular flexibility index (Phi) is 7.53. The van der Waals surface area contributed by atoms with Crippen LogP contribution in [-0.4, -0.2) is 80.7 Å². The van der Waals surface area contributed by atoms with Crippen molar-refractivity contribution in [3.63, 3.8) is 0 Å². The number of rotatable bonds is 6. The van der Waals surface area contributed by atoms with E-state index in [-0.39, 0.29) is 29.2 Å². The SMILES string of the molecule is COc1cccc(CC(=O)N2CCN(C(=O)C3CCCN(S(=O)(=O)c4ccccc4)C3)CC2)c1. The number of nitrogens with zero attached hydrogens (tertiary/aromatic N) is 3. The van der Waals surface area contributed by atoms with Gasteiger partial charge in [0.25, 0.3) is 0 Å². The molecule has 0 aromatic heterocycles. The molecule has 0 aliphatic carbocycles.